The van der Waals surface area contributed by atoms with Gasteiger partial charge in [-0.2, -0.15) is 0 Å². The van der Waals surface area contributed by atoms with Crippen molar-refractivity contribution in [2.75, 3.05) is 0 Å². The van der Waals surface area contributed by atoms with Crippen LogP contribution in [0.15, 0.2) is 0 Å². The molecule has 0 heterocycles. The number of rotatable bonds is 1. The van der Waals surface area contributed by atoms with Gasteiger partial charge in [-0.05, 0) is 0 Å². The van der Waals surface area contributed by atoms with E-state index < -0.39 is 16.0 Å². The van der Waals surface area contributed by atoms with Crippen molar-refractivity contribution in [3.8, 4) is 0 Å². The number of nitrogens with zero attached hydrogens (tertiary/aromatic N) is 1. The number of halogens is 4. The molecule has 0 aliphatic rings. The molecule has 60 valence electrons. The minimum absolute atomic E-state index is 1.04. The van der Waals surface area contributed by atoms with Crippen LogP contribution in [-0.4, -0.2) is 16.0 Å². The second kappa shape index (κ2) is 3.21. The normalized spacial score (nSPS) is 10.9. The van der Waals surface area contributed by atoms with Crippen LogP contribution in [0.2, 0.25) is 0 Å². The summed E-state index contributed by atoms with van der Waals surface area (Å²) in [6, 6.07) is 0. The van der Waals surface area contributed by atoms with E-state index in [0.717, 1.165) is 6.92 Å². The molecule has 0 bridgehead atoms. The Morgan fingerprint density at radius 3 is 2.10 bits per heavy atom. The van der Waals surface area contributed by atoms with Gasteiger partial charge in [-0.15, -0.1) is 0 Å². The predicted octanol–water partition coefficient (Wildman–Crippen LogP) is 2.35. The fraction of sp³-hybridized carbons (Fsp3) is 0.667. The third-order valence-electron chi connectivity index (χ3n) is 0.405. The van der Waals surface area contributed by atoms with E-state index in [9.17, 15) is 13.8 Å². The zero-order valence-corrected chi connectivity index (χ0v) is 6.29. The van der Waals surface area contributed by atoms with E-state index in [-0.39, 0.29) is 0 Å². The number of carbonyl (C=O) groups is 1. The molecule has 0 saturated carbocycles. The molecule has 0 fully saturated rings. The van der Waals surface area contributed by atoms with Gasteiger partial charge in [0.2, 0.25) is 0 Å². The SMILES string of the molecule is CC(Cl)(Cl)OC(=O)N(F)F. The van der Waals surface area contributed by atoms with E-state index in [1.165, 1.54) is 0 Å². The van der Waals surface area contributed by atoms with Crippen LogP contribution in [0.4, 0.5) is 13.8 Å². The van der Waals surface area contributed by atoms with Gasteiger partial charge in [0.15, 0.2) is 0 Å². The number of amides is 1. The summed E-state index contributed by atoms with van der Waals surface area (Å²) in [6.07, 6.45) is -1.90. The fourth-order valence-corrected chi connectivity index (χ4v) is 0.320. The van der Waals surface area contributed by atoms with E-state index in [4.69, 9.17) is 23.2 Å². The van der Waals surface area contributed by atoms with Crippen LogP contribution in [0, 0.1) is 0 Å². The molecule has 0 unspecified atom stereocenters. The van der Waals surface area contributed by atoms with E-state index >= 15 is 0 Å². The maximum Gasteiger partial charge on any atom is 0.470 e. The van der Waals surface area contributed by atoms with Gasteiger partial charge in [0, 0.05) is 12.3 Å². The summed E-state index contributed by atoms with van der Waals surface area (Å²) in [5.74, 6) is 0. The van der Waals surface area contributed by atoms with Crippen molar-refractivity contribution in [1.29, 1.82) is 0 Å². The Kier molecular flexibility index (Phi) is 3.11. The van der Waals surface area contributed by atoms with Crippen molar-refractivity contribution < 1.29 is 18.5 Å². The first-order valence-electron chi connectivity index (χ1n) is 2.05. The highest BCUT2D eigenvalue weighted by molar-refractivity contribution is 6.47. The van der Waals surface area contributed by atoms with E-state index in [2.05, 4.69) is 4.74 Å². The zero-order valence-electron chi connectivity index (χ0n) is 4.78. The van der Waals surface area contributed by atoms with Gasteiger partial charge in [0.1, 0.15) is 0 Å². The lowest BCUT2D eigenvalue weighted by Crippen LogP contribution is -2.24. The highest BCUT2D eigenvalue weighted by atomic mass is 35.5. The Morgan fingerprint density at radius 1 is 1.60 bits per heavy atom. The van der Waals surface area contributed by atoms with Crippen molar-refractivity contribution in [1.82, 2.24) is 5.34 Å². The molecule has 0 rings (SSSR count). The Labute approximate surface area is 65.3 Å². The Bertz CT molecular complexity index is 135. The summed E-state index contributed by atoms with van der Waals surface area (Å²) < 4.78 is 24.2. The average molecular weight is 194 g/mol. The standard InChI is InChI=1S/C3H3Cl2F2NO2/c1-3(4,5)10-2(9)8(6)7/h1H3. The summed E-state index contributed by atoms with van der Waals surface area (Å²) >= 11 is 10.1. The van der Waals surface area contributed by atoms with E-state index in [0.29, 0.717) is 0 Å². The quantitative estimate of drug-likeness (QED) is 0.473. The smallest absolute Gasteiger partial charge is 0.409 e. The Balaban J connectivity index is 3.81. The van der Waals surface area contributed by atoms with Crippen molar-refractivity contribution in [2.24, 2.45) is 0 Å². The van der Waals surface area contributed by atoms with Gasteiger partial charge in [-0.1, -0.05) is 32.2 Å². The van der Waals surface area contributed by atoms with Crippen molar-refractivity contribution in [3.05, 3.63) is 0 Å². The lowest BCUT2D eigenvalue weighted by molar-refractivity contribution is -0.129. The number of hydrogen-bond acceptors (Lipinski definition) is 2. The maximum atomic E-state index is 11.2. The molecule has 7 heteroatoms. The lowest BCUT2D eigenvalue weighted by Gasteiger charge is -2.13. The molecule has 0 aromatic carbocycles. The molecule has 0 aliphatic heterocycles. The summed E-state index contributed by atoms with van der Waals surface area (Å²) in [5, 5.41) is -1.76. The van der Waals surface area contributed by atoms with Crippen LogP contribution in [0.3, 0.4) is 0 Å². The van der Waals surface area contributed by atoms with E-state index in [1.807, 2.05) is 0 Å². The van der Waals surface area contributed by atoms with Gasteiger partial charge in [0.05, 0.1) is 0 Å². The molecule has 0 aliphatic carbocycles. The molecule has 0 spiro atoms. The number of hydrogen-bond donors (Lipinski definition) is 0. The van der Waals surface area contributed by atoms with Crippen molar-refractivity contribution >= 4 is 29.3 Å². The molecule has 10 heavy (non-hydrogen) atoms. The molecule has 0 aromatic rings. The van der Waals surface area contributed by atoms with Crippen LogP contribution in [0.1, 0.15) is 6.92 Å². The molecule has 3 nitrogen and oxygen atoms in total. The highest BCUT2D eigenvalue weighted by Crippen LogP contribution is 2.22. The molecule has 0 saturated heterocycles. The molecule has 0 N–H and O–H groups in total. The minimum Gasteiger partial charge on any atom is -0.409 e. The first-order valence-corrected chi connectivity index (χ1v) is 2.81. The number of alkyl halides is 2. The zero-order chi connectivity index (χ0) is 8.36. The molecular weight excluding hydrogens is 191 g/mol. The first kappa shape index (κ1) is 9.71. The van der Waals surface area contributed by atoms with Gasteiger partial charge in [-0.3, -0.25) is 0 Å². The van der Waals surface area contributed by atoms with Crippen LogP contribution in [0.5, 0.6) is 0 Å². The number of ether oxygens (including phenoxy) is 1. The van der Waals surface area contributed by atoms with Crippen LogP contribution in [-0.2, 0) is 4.74 Å². The summed E-state index contributed by atoms with van der Waals surface area (Å²) in [7, 11) is 0. The Hall–Kier alpha value is -0.290. The fourth-order valence-electron chi connectivity index (χ4n) is 0.188. The van der Waals surface area contributed by atoms with Gasteiger partial charge >= 0.3 is 6.09 Å². The molecular formula is C3H3Cl2F2NO2. The third kappa shape index (κ3) is 4.58. The summed E-state index contributed by atoms with van der Waals surface area (Å²) in [5.41, 5.74) is 0. The van der Waals surface area contributed by atoms with Crippen molar-refractivity contribution in [3.63, 3.8) is 0 Å². The lowest BCUT2D eigenvalue weighted by atomic mass is 10.8. The minimum atomic E-state index is -1.92. The first-order chi connectivity index (χ1) is 4.33. The second-order valence-corrected chi connectivity index (χ2v) is 3.04. The Morgan fingerprint density at radius 2 is 2.00 bits per heavy atom. The molecule has 0 aromatic heterocycles. The summed E-state index contributed by atoms with van der Waals surface area (Å²) in [4.78, 5) is 9.94. The topological polar surface area (TPSA) is 29.5 Å². The maximum absolute atomic E-state index is 11.2. The number of carbonyl (C=O) groups excluding carboxylic acids is 1. The average Bonchev–Trinajstić information content (AvgIpc) is 1.60. The second-order valence-electron chi connectivity index (χ2n) is 1.41. The highest BCUT2D eigenvalue weighted by Gasteiger charge is 2.26. The monoisotopic (exact) mass is 193 g/mol. The van der Waals surface area contributed by atoms with Crippen LogP contribution in [0.25, 0.3) is 0 Å². The third-order valence-corrected chi connectivity index (χ3v) is 0.559. The van der Waals surface area contributed by atoms with Crippen molar-refractivity contribution in [2.45, 2.75) is 11.4 Å². The van der Waals surface area contributed by atoms with Crippen LogP contribution < -0.4 is 0 Å². The van der Waals surface area contributed by atoms with Gasteiger partial charge in [-0.25, -0.2) is 4.79 Å². The van der Waals surface area contributed by atoms with E-state index in [1.54, 1.807) is 0 Å². The van der Waals surface area contributed by atoms with Crippen LogP contribution >= 0.6 is 23.2 Å². The molecule has 0 radical (unpaired) electrons. The van der Waals surface area contributed by atoms with Gasteiger partial charge in [0.25, 0.3) is 4.52 Å². The predicted molar refractivity (Wildman–Crippen MR) is 30.6 cm³/mol. The molecule has 1 amide bonds. The largest absolute Gasteiger partial charge is 0.470 e. The molecule has 0 atom stereocenters. The van der Waals surface area contributed by atoms with Gasteiger partial charge < -0.3 is 4.74 Å². The summed E-state index contributed by atoms with van der Waals surface area (Å²) in [6.45, 7) is 1.04.